The Morgan fingerprint density at radius 3 is 2.10 bits per heavy atom. The third-order valence-corrected chi connectivity index (χ3v) is 8.43. The fraction of sp³-hybridized carbons (Fsp3) is 0.390. The Labute approximate surface area is 286 Å². The molecule has 48 heavy (non-hydrogen) atoms. The number of alkyl carbamates (subject to hydrolysis) is 1. The summed E-state index contributed by atoms with van der Waals surface area (Å²) in [6.45, 7) is 15.6. The number of ether oxygens (including phenoxy) is 1. The fourth-order valence-electron chi connectivity index (χ4n) is 6.02. The lowest BCUT2D eigenvalue weighted by atomic mass is 9.93. The number of hydrogen-bond acceptors (Lipinski definition) is 4. The van der Waals surface area contributed by atoms with Gasteiger partial charge in [-0.3, -0.25) is 9.59 Å². The average Bonchev–Trinajstić information content (AvgIpc) is 3.02. The van der Waals surface area contributed by atoms with Gasteiger partial charge in [0.2, 0.25) is 5.91 Å². The molecule has 2 N–H and O–H groups in total. The summed E-state index contributed by atoms with van der Waals surface area (Å²) in [4.78, 5) is 44.6. The van der Waals surface area contributed by atoms with Crippen LogP contribution >= 0.6 is 0 Å². The predicted molar refractivity (Wildman–Crippen MR) is 195 cm³/mol. The van der Waals surface area contributed by atoms with Crippen molar-refractivity contribution >= 4 is 34.4 Å². The molecular formula is C41H51N3O4. The maximum atomic E-state index is 15.0. The van der Waals surface area contributed by atoms with Crippen LogP contribution in [-0.2, 0) is 20.7 Å². The summed E-state index contributed by atoms with van der Waals surface area (Å²) in [5.41, 5.74) is 3.47. The van der Waals surface area contributed by atoms with E-state index in [2.05, 4.69) is 24.5 Å². The molecular weight excluding hydrogens is 598 g/mol. The Morgan fingerprint density at radius 1 is 0.792 bits per heavy atom. The summed E-state index contributed by atoms with van der Waals surface area (Å²) in [7, 11) is 0. The lowest BCUT2D eigenvalue weighted by molar-refractivity contribution is -0.143. The zero-order chi connectivity index (χ0) is 35.0. The number of nitrogens with one attached hydrogen (secondary N) is 2. The molecule has 0 heterocycles. The molecule has 3 atom stereocenters. The molecule has 0 spiro atoms. The van der Waals surface area contributed by atoms with Gasteiger partial charge in [0.05, 0.1) is 0 Å². The minimum atomic E-state index is -0.981. The molecule has 3 amide bonds. The molecule has 4 rings (SSSR count). The van der Waals surface area contributed by atoms with Gasteiger partial charge in [0.25, 0.3) is 5.91 Å². The molecule has 0 aliphatic heterocycles. The van der Waals surface area contributed by atoms with Crippen molar-refractivity contribution in [2.45, 2.75) is 98.4 Å². The molecule has 4 aromatic rings. The van der Waals surface area contributed by atoms with Crippen LogP contribution in [0.25, 0.3) is 10.8 Å². The summed E-state index contributed by atoms with van der Waals surface area (Å²) in [6.07, 6.45) is 1.09. The number of aryl methyl sites for hydroxylation is 2. The lowest BCUT2D eigenvalue weighted by Gasteiger charge is -2.39. The summed E-state index contributed by atoms with van der Waals surface area (Å²) in [5, 5.41) is 8.09. The van der Waals surface area contributed by atoms with Crippen LogP contribution in [0.5, 0.6) is 0 Å². The number of carbonyl (C=O) groups excluding carboxylic acids is 3. The van der Waals surface area contributed by atoms with Gasteiger partial charge in [-0.25, -0.2) is 4.79 Å². The number of benzene rings is 4. The van der Waals surface area contributed by atoms with E-state index in [-0.39, 0.29) is 24.3 Å². The van der Waals surface area contributed by atoms with Gasteiger partial charge in [0, 0.05) is 18.2 Å². The van der Waals surface area contributed by atoms with E-state index in [9.17, 15) is 9.59 Å². The van der Waals surface area contributed by atoms with E-state index in [1.165, 1.54) is 0 Å². The SMILES string of the molecule is Cc1ccc(C(C(=O)Nc2ccc3ccccc3c2)N(C(=O)C(Cc2ccccc2)NC(=O)OC(C)(C)C)C(C)CCC(C)C)c(C)c1. The third-order valence-electron chi connectivity index (χ3n) is 8.43. The maximum absolute atomic E-state index is 15.0. The number of nitrogens with zero attached hydrogens (tertiary/aromatic N) is 1. The summed E-state index contributed by atoms with van der Waals surface area (Å²) < 4.78 is 5.61. The highest BCUT2D eigenvalue weighted by molar-refractivity contribution is 6.00. The largest absolute Gasteiger partial charge is 0.444 e. The molecule has 0 bridgehead atoms. The van der Waals surface area contributed by atoms with Crippen LogP contribution in [-0.4, -0.2) is 40.5 Å². The Kier molecular flexibility index (Phi) is 12.0. The van der Waals surface area contributed by atoms with Crippen molar-refractivity contribution in [2.75, 3.05) is 5.32 Å². The molecule has 0 saturated heterocycles. The first-order chi connectivity index (χ1) is 22.7. The first-order valence-corrected chi connectivity index (χ1v) is 16.9. The average molecular weight is 650 g/mol. The summed E-state index contributed by atoms with van der Waals surface area (Å²) >= 11 is 0. The van der Waals surface area contributed by atoms with Crippen molar-refractivity contribution in [1.82, 2.24) is 10.2 Å². The van der Waals surface area contributed by atoms with Gasteiger partial charge in [0.15, 0.2) is 0 Å². The highest BCUT2D eigenvalue weighted by Crippen LogP contribution is 2.32. The summed E-state index contributed by atoms with van der Waals surface area (Å²) in [6, 6.07) is 27.0. The molecule has 254 valence electrons. The standard InChI is InChI=1S/C41H51N3O4/c1-27(2)18-20-30(5)44(39(46)36(25-31-14-10-9-11-15-31)43-40(47)48-41(6,7)8)37(35-23-19-28(3)24-29(35)4)38(45)42-34-22-21-32-16-12-13-17-33(32)26-34/h9-17,19,21-24,26-27,30,36-37H,18,20,25H2,1-8H3,(H,42,45)(H,43,47). The molecule has 3 unspecified atom stereocenters. The van der Waals surface area contributed by atoms with Gasteiger partial charge in [-0.1, -0.05) is 98.3 Å². The number of fused-ring (bicyclic) bond motifs is 1. The Balaban J connectivity index is 1.82. The second kappa shape index (κ2) is 16.0. The Morgan fingerprint density at radius 2 is 1.46 bits per heavy atom. The number of carbonyl (C=O) groups is 3. The van der Waals surface area contributed by atoms with Crippen LogP contribution in [0, 0.1) is 19.8 Å². The molecule has 7 heteroatoms. The van der Waals surface area contributed by atoms with Crippen molar-refractivity contribution in [3.8, 4) is 0 Å². The van der Waals surface area contributed by atoms with Gasteiger partial charge in [-0.2, -0.15) is 0 Å². The van der Waals surface area contributed by atoms with E-state index in [0.717, 1.165) is 39.4 Å². The fourth-order valence-corrected chi connectivity index (χ4v) is 6.02. The Hall–Kier alpha value is -4.65. The summed E-state index contributed by atoms with van der Waals surface area (Å²) in [5.74, 6) is -0.271. The zero-order valence-electron chi connectivity index (χ0n) is 29.7. The van der Waals surface area contributed by atoms with Gasteiger partial charge < -0.3 is 20.3 Å². The molecule has 0 aromatic heterocycles. The molecule has 0 radical (unpaired) electrons. The van der Waals surface area contributed by atoms with Crippen molar-refractivity contribution in [3.63, 3.8) is 0 Å². The highest BCUT2D eigenvalue weighted by atomic mass is 16.6. The predicted octanol–water partition coefficient (Wildman–Crippen LogP) is 8.93. The maximum Gasteiger partial charge on any atom is 0.408 e. The van der Waals surface area contributed by atoms with Gasteiger partial charge in [-0.15, -0.1) is 0 Å². The monoisotopic (exact) mass is 649 g/mol. The smallest absolute Gasteiger partial charge is 0.408 e. The van der Waals surface area contributed by atoms with Crippen molar-refractivity contribution in [1.29, 1.82) is 0 Å². The first-order valence-electron chi connectivity index (χ1n) is 16.9. The van der Waals surface area contributed by atoms with Crippen LogP contribution in [0.4, 0.5) is 10.5 Å². The highest BCUT2D eigenvalue weighted by Gasteiger charge is 2.39. The van der Waals surface area contributed by atoms with E-state index < -0.39 is 23.8 Å². The normalized spacial score (nSPS) is 13.4. The van der Waals surface area contributed by atoms with E-state index in [4.69, 9.17) is 4.74 Å². The molecule has 0 saturated carbocycles. The van der Waals surface area contributed by atoms with Gasteiger partial charge in [-0.05, 0) is 99.9 Å². The van der Waals surface area contributed by atoms with Crippen molar-refractivity contribution < 1.29 is 19.1 Å². The second-order valence-corrected chi connectivity index (χ2v) is 14.3. The number of hydrogen-bond donors (Lipinski definition) is 2. The molecule has 0 aliphatic carbocycles. The van der Waals surface area contributed by atoms with Crippen molar-refractivity contribution in [2.24, 2.45) is 5.92 Å². The van der Waals surface area contributed by atoms with Crippen LogP contribution in [0.1, 0.15) is 82.7 Å². The number of amides is 3. The molecule has 4 aromatic carbocycles. The van der Waals surface area contributed by atoms with Crippen LogP contribution in [0.2, 0.25) is 0 Å². The van der Waals surface area contributed by atoms with E-state index >= 15 is 4.79 Å². The van der Waals surface area contributed by atoms with Crippen LogP contribution in [0.15, 0.2) is 91.0 Å². The lowest BCUT2D eigenvalue weighted by Crippen LogP contribution is -2.55. The quantitative estimate of drug-likeness (QED) is 0.160. The number of rotatable bonds is 12. The zero-order valence-corrected chi connectivity index (χ0v) is 29.7. The minimum Gasteiger partial charge on any atom is -0.444 e. The topological polar surface area (TPSA) is 87.7 Å². The van der Waals surface area contributed by atoms with Crippen molar-refractivity contribution in [3.05, 3.63) is 113 Å². The number of anilines is 1. The van der Waals surface area contributed by atoms with Crippen LogP contribution in [0.3, 0.4) is 0 Å². The minimum absolute atomic E-state index is 0.234. The molecule has 7 nitrogen and oxygen atoms in total. The van der Waals surface area contributed by atoms with E-state index in [0.29, 0.717) is 18.0 Å². The Bertz CT molecular complexity index is 1710. The van der Waals surface area contributed by atoms with Crippen LogP contribution < -0.4 is 10.6 Å². The second-order valence-electron chi connectivity index (χ2n) is 14.3. The van der Waals surface area contributed by atoms with E-state index in [1.54, 1.807) is 25.7 Å². The third kappa shape index (κ3) is 9.93. The first kappa shape index (κ1) is 36.2. The van der Waals surface area contributed by atoms with E-state index in [1.807, 2.05) is 112 Å². The molecule has 0 aliphatic rings. The molecule has 0 fully saturated rings. The van der Waals surface area contributed by atoms with Gasteiger partial charge in [0.1, 0.15) is 17.7 Å². The van der Waals surface area contributed by atoms with Gasteiger partial charge >= 0.3 is 6.09 Å².